The molecule has 1 fully saturated rings. The van der Waals surface area contributed by atoms with E-state index >= 15 is 0 Å². The molecule has 284 valence electrons. The Morgan fingerprint density at radius 2 is 1.91 bits per heavy atom. The highest BCUT2D eigenvalue weighted by molar-refractivity contribution is 7.66. The summed E-state index contributed by atoms with van der Waals surface area (Å²) >= 11 is 0. The van der Waals surface area contributed by atoms with Crippen molar-refractivity contribution in [2.24, 2.45) is 10.2 Å². The molecule has 4 rings (SSSR count). The first kappa shape index (κ1) is 41.0. The van der Waals surface area contributed by atoms with E-state index < -0.39 is 73.4 Å². The van der Waals surface area contributed by atoms with Gasteiger partial charge < -0.3 is 48.8 Å². The zero-order valence-corrected chi connectivity index (χ0v) is 29.4. The summed E-state index contributed by atoms with van der Waals surface area (Å²) in [6.45, 7) is -2.11. The summed E-state index contributed by atoms with van der Waals surface area (Å²) < 4.78 is 70.2. The summed E-state index contributed by atoms with van der Waals surface area (Å²) in [5.41, 5.74) is 22.8. The highest BCUT2D eigenvalue weighted by Gasteiger charge is 2.43. The lowest BCUT2D eigenvalue weighted by atomic mass is 10.1. The van der Waals surface area contributed by atoms with Crippen LogP contribution in [0.2, 0.25) is 0 Å². The monoisotopic (exact) mass is 804 g/mol. The van der Waals surface area contributed by atoms with Crippen molar-refractivity contribution < 1.29 is 70.2 Å². The zero-order chi connectivity index (χ0) is 39.0. The van der Waals surface area contributed by atoms with E-state index in [4.69, 9.17) is 50.1 Å². The predicted octanol–water partition coefficient (Wildman–Crippen LogP) is 2.62. The minimum atomic E-state index is -5.82. The van der Waals surface area contributed by atoms with Crippen molar-refractivity contribution in [3.8, 4) is 17.6 Å². The molecule has 26 nitrogen and oxygen atoms in total. The van der Waals surface area contributed by atoms with Crippen molar-refractivity contribution in [1.82, 2.24) is 14.5 Å². The summed E-state index contributed by atoms with van der Waals surface area (Å²) in [5, 5.41) is 6.64. The summed E-state index contributed by atoms with van der Waals surface area (Å²) in [4.78, 5) is 74.3. The fourth-order valence-corrected chi connectivity index (χ4v) is 7.78. The number of phosphoric acid groups is 3. The molecular formula is C24H27N10O16P3. The van der Waals surface area contributed by atoms with E-state index in [1.54, 1.807) is 0 Å². The Hall–Kier alpha value is -4.78. The molecule has 1 aromatic carbocycles. The lowest BCUT2D eigenvalue weighted by molar-refractivity contribution is -0.0581. The minimum absolute atomic E-state index is 0.0548. The Morgan fingerprint density at radius 3 is 2.58 bits per heavy atom. The molecule has 0 spiro atoms. The Kier molecular flexibility index (Phi) is 13.4. The fraction of sp³-hybridized carbons (Fsp3) is 0.375. The molecule has 2 aromatic heterocycles. The molecule has 5 atom stereocenters. The molecule has 2 unspecified atom stereocenters. The third kappa shape index (κ3) is 11.4. The molecule has 0 radical (unpaired) electrons. The zero-order valence-electron chi connectivity index (χ0n) is 26.8. The number of ether oxygens (including phenoxy) is 4. The van der Waals surface area contributed by atoms with Gasteiger partial charge in [0.15, 0.2) is 12.3 Å². The van der Waals surface area contributed by atoms with Crippen LogP contribution in [0.4, 0.5) is 5.95 Å². The van der Waals surface area contributed by atoms with Crippen LogP contribution in [-0.4, -0.2) is 79.3 Å². The molecule has 0 bridgehead atoms. The number of phosphoric ester groups is 1. The van der Waals surface area contributed by atoms with Gasteiger partial charge in [0.2, 0.25) is 5.95 Å². The Labute approximate surface area is 295 Å². The summed E-state index contributed by atoms with van der Waals surface area (Å²) in [6, 6.07) is 4.42. The van der Waals surface area contributed by atoms with Gasteiger partial charge in [-0.1, -0.05) is 22.1 Å². The number of azide groups is 2. The number of carbonyl (C=O) groups is 1. The first-order chi connectivity index (χ1) is 25.0. The van der Waals surface area contributed by atoms with Gasteiger partial charge in [-0.25, -0.2) is 18.5 Å². The smallest absolute Gasteiger partial charge is 0.490 e. The number of anilines is 1. The number of carbonyl (C=O) groups excluding carboxylic acids is 1. The molecule has 53 heavy (non-hydrogen) atoms. The number of nitrogens with zero attached hydrogens (tertiary/aromatic N) is 8. The third-order valence-electron chi connectivity index (χ3n) is 6.75. The van der Waals surface area contributed by atoms with Crippen LogP contribution in [0.3, 0.4) is 0 Å². The average molecular weight is 804 g/mol. The first-order valence-corrected chi connectivity index (χ1v) is 18.8. The van der Waals surface area contributed by atoms with Crippen LogP contribution in [0.5, 0.6) is 5.75 Å². The number of nitrogen functional groups attached to an aromatic ring is 1. The third-order valence-corrected chi connectivity index (χ3v) is 10.6. The maximum atomic E-state index is 13.0. The van der Waals surface area contributed by atoms with Crippen LogP contribution < -0.4 is 16.0 Å². The maximum absolute atomic E-state index is 13.0. The van der Waals surface area contributed by atoms with Crippen molar-refractivity contribution in [3.05, 3.63) is 72.3 Å². The number of fused-ring (bicyclic) bond motifs is 1. The number of aromatic amines is 1. The number of hydrogen-bond donors (Lipinski definition) is 6. The molecular weight excluding hydrogens is 777 g/mol. The summed E-state index contributed by atoms with van der Waals surface area (Å²) in [7, 11) is -15.6. The van der Waals surface area contributed by atoms with Crippen molar-refractivity contribution in [2.45, 2.75) is 31.4 Å². The SMILES string of the molecule is COc1ccc(C(=O)OCC#Cc2cn([C@H]3C[C@@H](OCN=[N+]=[N-])[C@@H](COP(=O)(O)OP(=O)(O)OP(=O)(O)O)O3)c3nc(N)[nH]c(=O)c23)c(CN=[N+]=[N-])c1. The van der Waals surface area contributed by atoms with Gasteiger partial charge in [0.1, 0.15) is 24.8 Å². The highest BCUT2D eigenvalue weighted by Crippen LogP contribution is 2.66. The van der Waals surface area contributed by atoms with E-state index in [2.05, 4.69) is 50.5 Å². The average Bonchev–Trinajstić information content (AvgIpc) is 3.64. The largest absolute Gasteiger partial charge is 0.497 e. The standard InChI is InChI=1S/C24H27N10O16P3/c1-44-15-4-5-16(14(7-15)9-28-32-26)23(36)45-6-2-3-13-10-34(21-20(13)22(35)31-24(25)30-21)19-8-17(46-12-29-33-27)18(48-19)11-47-52(40,41)50-53(42,43)49-51(37,38)39/h4-5,7,10,17-19H,6,8-9,11-12H2,1H3,(H,40,41)(H,42,43)(H2,37,38,39)(H3,25,30,31,35)/t17-,18-,19-/m1/s1. The van der Waals surface area contributed by atoms with Crippen LogP contribution in [0.25, 0.3) is 31.9 Å². The molecule has 1 aliphatic rings. The Morgan fingerprint density at radius 1 is 1.17 bits per heavy atom. The number of methoxy groups -OCH3 is 1. The van der Waals surface area contributed by atoms with E-state index in [0.717, 1.165) is 0 Å². The topological polar surface area (TPSA) is 388 Å². The van der Waals surface area contributed by atoms with Crippen molar-refractivity contribution >= 4 is 46.4 Å². The molecule has 0 saturated carbocycles. The van der Waals surface area contributed by atoms with Gasteiger partial charge >= 0.3 is 29.4 Å². The maximum Gasteiger partial charge on any atom is 0.490 e. The lowest BCUT2D eigenvalue weighted by Crippen LogP contribution is -2.29. The van der Waals surface area contributed by atoms with Crippen LogP contribution in [-0.2, 0) is 47.6 Å². The highest BCUT2D eigenvalue weighted by atomic mass is 31.3. The quantitative estimate of drug-likeness (QED) is 0.0302. The number of esters is 1. The van der Waals surface area contributed by atoms with Gasteiger partial charge in [-0.3, -0.25) is 14.3 Å². The molecule has 1 aliphatic heterocycles. The number of H-pyrrole nitrogens is 1. The Balaban J connectivity index is 1.57. The molecule has 7 N–H and O–H groups in total. The number of hydrogen-bond acceptors (Lipinski definition) is 16. The van der Waals surface area contributed by atoms with E-state index in [0.29, 0.717) is 11.3 Å². The predicted molar refractivity (Wildman–Crippen MR) is 175 cm³/mol. The van der Waals surface area contributed by atoms with Crippen LogP contribution in [0.15, 0.2) is 39.4 Å². The molecule has 3 heterocycles. The van der Waals surface area contributed by atoms with Crippen molar-refractivity contribution in [1.29, 1.82) is 0 Å². The van der Waals surface area contributed by atoms with Gasteiger partial charge in [0.25, 0.3) is 5.56 Å². The Bertz CT molecular complexity index is 2240. The number of nitrogens with one attached hydrogen (secondary N) is 1. The van der Waals surface area contributed by atoms with Crippen LogP contribution in [0, 0.1) is 11.8 Å². The number of aromatic nitrogens is 3. The van der Waals surface area contributed by atoms with Gasteiger partial charge in [0, 0.05) is 22.4 Å². The number of benzene rings is 1. The van der Waals surface area contributed by atoms with Crippen molar-refractivity contribution in [3.63, 3.8) is 0 Å². The summed E-state index contributed by atoms with van der Waals surface area (Å²) in [6.07, 6.45) is -2.33. The van der Waals surface area contributed by atoms with Crippen LogP contribution in [0.1, 0.15) is 34.1 Å². The molecule has 3 aromatic rings. The normalized spacial score (nSPS) is 19.2. The van der Waals surface area contributed by atoms with E-state index in [1.165, 1.54) is 36.1 Å². The number of rotatable bonds is 16. The van der Waals surface area contributed by atoms with E-state index in [1.807, 2.05) is 0 Å². The molecule has 29 heteroatoms. The minimum Gasteiger partial charge on any atom is -0.497 e. The fourth-order valence-electron chi connectivity index (χ4n) is 4.75. The second kappa shape index (κ2) is 17.4. The van der Waals surface area contributed by atoms with Crippen molar-refractivity contribution in [2.75, 3.05) is 32.8 Å². The first-order valence-electron chi connectivity index (χ1n) is 14.3. The van der Waals surface area contributed by atoms with Gasteiger partial charge in [-0.15, -0.1) is 0 Å². The van der Waals surface area contributed by atoms with E-state index in [9.17, 15) is 33.1 Å². The molecule has 0 amide bonds. The van der Waals surface area contributed by atoms with Gasteiger partial charge in [-0.05, 0) is 34.8 Å². The van der Waals surface area contributed by atoms with Gasteiger partial charge in [-0.2, -0.15) is 13.6 Å². The molecule has 0 aliphatic carbocycles. The summed E-state index contributed by atoms with van der Waals surface area (Å²) in [5.74, 6) is 4.63. The van der Waals surface area contributed by atoms with Gasteiger partial charge in [0.05, 0.1) is 42.9 Å². The lowest BCUT2D eigenvalue weighted by Gasteiger charge is -2.21. The second-order valence-electron chi connectivity index (χ2n) is 10.2. The second-order valence-corrected chi connectivity index (χ2v) is 14.6. The van der Waals surface area contributed by atoms with E-state index in [-0.39, 0.29) is 41.1 Å². The van der Waals surface area contributed by atoms with Crippen LogP contribution >= 0.6 is 23.5 Å². The number of nitrogens with two attached hydrogens (primary N) is 1. The molecule has 1 saturated heterocycles.